The van der Waals surface area contributed by atoms with Crippen molar-refractivity contribution < 1.29 is 0 Å². The van der Waals surface area contributed by atoms with Gasteiger partial charge in [-0.05, 0) is 38.2 Å². The molecule has 0 aromatic heterocycles. The molecule has 0 aliphatic carbocycles. The largest absolute Gasteiger partial charge is 0.369 e. The van der Waals surface area contributed by atoms with E-state index < -0.39 is 0 Å². The molecule has 4 heteroatoms. The van der Waals surface area contributed by atoms with E-state index in [4.69, 9.17) is 0 Å². The molecular weight excluding hydrogens is 302 g/mol. The number of nitrogens with one attached hydrogen (secondary N) is 1. The van der Waals surface area contributed by atoms with Crippen LogP contribution in [0.15, 0.2) is 22.7 Å². The average Bonchev–Trinajstić information content (AvgIpc) is 2.39. The minimum atomic E-state index is 0.390. The Hall–Kier alpha value is -0.580. The van der Waals surface area contributed by atoms with E-state index in [1.54, 1.807) is 0 Å². The summed E-state index contributed by atoms with van der Waals surface area (Å²) in [6, 6.07) is 7.14. The Morgan fingerprint density at radius 2 is 1.95 bits per heavy atom. The molecule has 0 saturated carbocycles. The number of benzene rings is 1. The quantitative estimate of drug-likeness (QED) is 0.918. The highest BCUT2D eigenvalue weighted by molar-refractivity contribution is 9.10. The number of hydrogen-bond acceptors (Lipinski definition) is 3. The molecule has 1 aliphatic rings. The van der Waals surface area contributed by atoms with Crippen LogP contribution in [0.25, 0.3) is 0 Å². The molecule has 0 amide bonds. The van der Waals surface area contributed by atoms with Gasteiger partial charge in [-0.1, -0.05) is 28.9 Å². The molecule has 1 aromatic rings. The predicted molar refractivity (Wildman–Crippen MR) is 85.9 cm³/mol. The lowest BCUT2D eigenvalue weighted by molar-refractivity contribution is 0.313. The summed E-state index contributed by atoms with van der Waals surface area (Å²) in [5, 5.41) is 3.46. The van der Waals surface area contributed by atoms with Gasteiger partial charge in [-0.2, -0.15) is 0 Å². The SMILES string of the molecule is CCNC(C)c1ccc(N2CCN(C)CC2)cc1Br. The molecule has 0 radical (unpaired) electrons. The number of anilines is 1. The first-order valence-corrected chi connectivity index (χ1v) is 7.87. The first-order valence-electron chi connectivity index (χ1n) is 7.08. The van der Waals surface area contributed by atoms with Gasteiger partial charge >= 0.3 is 0 Å². The van der Waals surface area contributed by atoms with E-state index in [1.165, 1.54) is 15.7 Å². The first-order chi connectivity index (χ1) is 9.11. The average molecular weight is 326 g/mol. The number of likely N-dealkylation sites (N-methyl/N-ethyl adjacent to an activating group) is 1. The lowest BCUT2D eigenvalue weighted by Crippen LogP contribution is -2.44. The van der Waals surface area contributed by atoms with E-state index in [2.05, 4.69) is 70.1 Å². The smallest absolute Gasteiger partial charge is 0.0378 e. The molecule has 1 N–H and O–H groups in total. The molecule has 0 bridgehead atoms. The Balaban J connectivity index is 2.10. The molecule has 1 fully saturated rings. The van der Waals surface area contributed by atoms with Crippen LogP contribution in [0.5, 0.6) is 0 Å². The Kier molecular flexibility index (Phi) is 5.25. The number of halogens is 1. The van der Waals surface area contributed by atoms with Crippen LogP contribution in [-0.4, -0.2) is 44.7 Å². The second-order valence-corrected chi connectivity index (χ2v) is 6.13. The Morgan fingerprint density at radius 3 is 2.53 bits per heavy atom. The number of piperazine rings is 1. The fourth-order valence-corrected chi connectivity index (χ4v) is 3.25. The zero-order valence-corrected chi connectivity index (χ0v) is 13.7. The van der Waals surface area contributed by atoms with Crippen molar-refractivity contribution in [2.75, 3.05) is 44.7 Å². The van der Waals surface area contributed by atoms with Gasteiger partial charge in [-0.25, -0.2) is 0 Å². The van der Waals surface area contributed by atoms with Crippen LogP contribution in [0, 0.1) is 0 Å². The van der Waals surface area contributed by atoms with Crippen LogP contribution in [0.2, 0.25) is 0 Å². The van der Waals surface area contributed by atoms with E-state index >= 15 is 0 Å². The molecule has 1 atom stereocenters. The molecule has 1 aromatic carbocycles. The van der Waals surface area contributed by atoms with Crippen molar-refractivity contribution in [3.8, 4) is 0 Å². The highest BCUT2D eigenvalue weighted by Crippen LogP contribution is 2.28. The third-order valence-electron chi connectivity index (χ3n) is 3.83. The summed E-state index contributed by atoms with van der Waals surface area (Å²) in [6.07, 6.45) is 0. The maximum Gasteiger partial charge on any atom is 0.0378 e. The molecule has 1 aliphatic heterocycles. The number of nitrogens with zero attached hydrogens (tertiary/aromatic N) is 2. The van der Waals surface area contributed by atoms with Gasteiger partial charge in [0.15, 0.2) is 0 Å². The molecule has 3 nitrogen and oxygen atoms in total. The molecule has 1 saturated heterocycles. The highest BCUT2D eigenvalue weighted by Gasteiger charge is 2.16. The van der Waals surface area contributed by atoms with Crippen molar-refractivity contribution in [3.05, 3.63) is 28.2 Å². The van der Waals surface area contributed by atoms with Crippen LogP contribution < -0.4 is 10.2 Å². The summed E-state index contributed by atoms with van der Waals surface area (Å²) in [5.74, 6) is 0. The van der Waals surface area contributed by atoms with Gasteiger partial charge < -0.3 is 15.1 Å². The molecular formula is C15H24BrN3. The van der Waals surface area contributed by atoms with Crippen molar-refractivity contribution in [1.82, 2.24) is 10.2 Å². The molecule has 2 rings (SSSR count). The van der Waals surface area contributed by atoms with Gasteiger partial charge in [0.05, 0.1) is 0 Å². The Bertz CT molecular complexity index is 414. The summed E-state index contributed by atoms with van der Waals surface area (Å²) in [7, 11) is 2.19. The Labute approximate surface area is 125 Å². The van der Waals surface area contributed by atoms with E-state index in [9.17, 15) is 0 Å². The van der Waals surface area contributed by atoms with E-state index in [-0.39, 0.29) is 0 Å². The standard InChI is InChI=1S/C15H24BrN3/c1-4-17-12(2)14-6-5-13(11-15(14)16)19-9-7-18(3)8-10-19/h5-6,11-12,17H,4,7-10H2,1-3H3. The normalized spacial score (nSPS) is 18.6. The maximum absolute atomic E-state index is 3.72. The van der Waals surface area contributed by atoms with Crippen LogP contribution in [0.1, 0.15) is 25.5 Å². The van der Waals surface area contributed by atoms with Gasteiger partial charge in [-0.15, -0.1) is 0 Å². The second-order valence-electron chi connectivity index (χ2n) is 5.28. The summed E-state index contributed by atoms with van der Waals surface area (Å²) < 4.78 is 1.21. The minimum Gasteiger partial charge on any atom is -0.369 e. The number of hydrogen-bond donors (Lipinski definition) is 1. The lowest BCUT2D eigenvalue weighted by Gasteiger charge is -2.34. The second kappa shape index (κ2) is 6.73. The zero-order valence-electron chi connectivity index (χ0n) is 12.1. The topological polar surface area (TPSA) is 18.5 Å². The first kappa shape index (κ1) is 14.8. The van der Waals surface area contributed by atoms with Crippen molar-refractivity contribution in [2.24, 2.45) is 0 Å². The lowest BCUT2D eigenvalue weighted by atomic mass is 10.1. The fraction of sp³-hybridized carbons (Fsp3) is 0.600. The van der Waals surface area contributed by atoms with Crippen LogP contribution in [0.4, 0.5) is 5.69 Å². The zero-order chi connectivity index (χ0) is 13.8. The van der Waals surface area contributed by atoms with E-state index in [0.717, 1.165) is 32.7 Å². The van der Waals surface area contributed by atoms with Crippen LogP contribution in [-0.2, 0) is 0 Å². The summed E-state index contributed by atoms with van der Waals surface area (Å²) in [5.41, 5.74) is 2.66. The van der Waals surface area contributed by atoms with Crippen molar-refractivity contribution in [2.45, 2.75) is 19.9 Å². The monoisotopic (exact) mass is 325 g/mol. The van der Waals surface area contributed by atoms with Gasteiger partial charge in [0.1, 0.15) is 0 Å². The molecule has 19 heavy (non-hydrogen) atoms. The fourth-order valence-electron chi connectivity index (χ4n) is 2.54. The molecule has 1 heterocycles. The molecule has 0 spiro atoms. The predicted octanol–water partition coefficient (Wildman–Crippen LogP) is 2.87. The third kappa shape index (κ3) is 3.71. The minimum absolute atomic E-state index is 0.390. The van der Waals surface area contributed by atoms with Gasteiger partial charge in [-0.3, -0.25) is 0 Å². The van der Waals surface area contributed by atoms with Gasteiger partial charge in [0.2, 0.25) is 0 Å². The molecule has 1 unspecified atom stereocenters. The summed E-state index contributed by atoms with van der Waals surface area (Å²) in [4.78, 5) is 4.85. The Morgan fingerprint density at radius 1 is 1.26 bits per heavy atom. The third-order valence-corrected chi connectivity index (χ3v) is 4.52. The summed E-state index contributed by atoms with van der Waals surface area (Å²) in [6.45, 7) is 9.87. The van der Waals surface area contributed by atoms with Crippen molar-refractivity contribution >= 4 is 21.6 Å². The van der Waals surface area contributed by atoms with Crippen LogP contribution in [0.3, 0.4) is 0 Å². The molecule has 106 valence electrons. The van der Waals surface area contributed by atoms with Crippen molar-refractivity contribution in [3.63, 3.8) is 0 Å². The maximum atomic E-state index is 3.72. The van der Waals surface area contributed by atoms with E-state index in [0.29, 0.717) is 6.04 Å². The van der Waals surface area contributed by atoms with E-state index in [1.807, 2.05) is 0 Å². The number of rotatable bonds is 4. The van der Waals surface area contributed by atoms with Crippen LogP contribution >= 0.6 is 15.9 Å². The highest BCUT2D eigenvalue weighted by atomic mass is 79.9. The van der Waals surface area contributed by atoms with Crippen molar-refractivity contribution in [1.29, 1.82) is 0 Å². The summed E-state index contributed by atoms with van der Waals surface area (Å²) >= 11 is 3.72. The van der Waals surface area contributed by atoms with Gasteiger partial charge in [0, 0.05) is 42.4 Å². The van der Waals surface area contributed by atoms with Gasteiger partial charge in [0.25, 0.3) is 0 Å².